The van der Waals surface area contributed by atoms with E-state index in [0.717, 1.165) is 31.1 Å². The van der Waals surface area contributed by atoms with Gasteiger partial charge in [-0.05, 0) is 18.9 Å². The lowest BCUT2D eigenvalue weighted by Gasteiger charge is -2.31. The number of anilines is 1. The summed E-state index contributed by atoms with van der Waals surface area (Å²) in [5, 5.41) is 4.57. The third kappa shape index (κ3) is 3.37. The molecule has 1 aliphatic rings. The molecule has 2 N–H and O–H groups in total. The van der Waals surface area contributed by atoms with Crippen molar-refractivity contribution in [1.82, 2.24) is 19.9 Å². The number of aromatic nitrogens is 4. The number of fused-ring (bicyclic) bond motifs is 1. The third-order valence-corrected chi connectivity index (χ3v) is 4.98. The number of ether oxygens (including phenoxy) is 1. The van der Waals surface area contributed by atoms with Crippen LogP contribution in [-0.2, 0) is 4.74 Å². The molecular weight excluding hydrogens is 357 g/mol. The Morgan fingerprint density at radius 2 is 2.12 bits per heavy atom. The predicted molar refractivity (Wildman–Crippen MR) is 98.8 cm³/mol. The molecule has 26 heavy (non-hydrogen) atoms. The molecule has 4 rings (SSSR count). The average molecular weight is 376 g/mol. The second kappa shape index (κ2) is 7.17. The van der Waals surface area contributed by atoms with Crippen LogP contribution in [0.25, 0.3) is 22.4 Å². The van der Waals surface area contributed by atoms with E-state index in [1.165, 1.54) is 6.07 Å². The van der Waals surface area contributed by atoms with E-state index < -0.39 is 5.95 Å². The number of nitrogens with zero attached hydrogens (tertiary/aromatic N) is 3. The first kappa shape index (κ1) is 17.2. The zero-order valence-electron chi connectivity index (χ0n) is 14.3. The van der Waals surface area contributed by atoms with Gasteiger partial charge in [-0.2, -0.15) is 9.37 Å². The van der Waals surface area contributed by atoms with Crippen LogP contribution in [0.2, 0.25) is 5.02 Å². The fourth-order valence-electron chi connectivity index (χ4n) is 3.51. The van der Waals surface area contributed by atoms with Crippen molar-refractivity contribution in [2.75, 3.05) is 12.4 Å². The number of hydrogen-bond acceptors (Lipinski definition) is 5. The lowest BCUT2D eigenvalue weighted by atomic mass is 9.92. The Morgan fingerprint density at radius 3 is 2.96 bits per heavy atom. The average Bonchev–Trinajstić information content (AvgIpc) is 3.04. The molecule has 2 unspecified atom stereocenters. The van der Waals surface area contributed by atoms with Gasteiger partial charge in [0.1, 0.15) is 11.5 Å². The molecule has 0 spiro atoms. The SMILES string of the molecule is COC1CCCCC1Nc1cc(F)nc(-c2c[nH]c3ncc(Cl)cc23)n1. The molecule has 0 radical (unpaired) electrons. The van der Waals surface area contributed by atoms with Crippen molar-refractivity contribution < 1.29 is 9.13 Å². The van der Waals surface area contributed by atoms with Crippen molar-refractivity contribution in [1.29, 1.82) is 0 Å². The molecule has 136 valence electrons. The molecule has 0 aromatic carbocycles. The van der Waals surface area contributed by atoms with Gasteiger partial charge < -0.3 is 15.0 Å². The number of methoxy groups -OCH3 is 1. The Labute approximate surface area is 155 Å². The van der Waals surface area contributed by atoms with Gasteiger partial charge in [0.15, 0.2) is 5.82 Å². The Hall–Kier alpha value is -2.25. The second-order valence-electron chi connectivity index (χ2n) is 6.46. The van der Waals surface area contributed by atoms with E-state index in [1.54, 1.807) is 25.6 Å². The van der Waals surface area contributed by atoms with Crippen LogP contribution in [0, 0.1) is 5.95 Å². The molecule has 0 saturated heterocycles. The standard InChI is InChI=1S/C18H19ClFN5O/c1-26-14-5-3-2-4-13(14)23-16-7-15(20)24-18(25-16)12-9-22-17-11(12)6-10(19)8-21-17/h6-9,13-14H,2-5H2,1H3,(H,21,22)(H,23,24,25). The Kier molecular flexibility index (Phi) is 4.74. The maximum absolute atomic E-state index is 14.2. The molecule has 2 atom stereocenters. The highest BCUT2D eigenvalue weighted by molar-refractivity contribution is 6.31. The monoisotopic (exact) mass is 375 g/mol. The fraction of sp³-hybridized carbons (Fsp3) is 0.389. The van der Waals surface area contributed by atoms with E-state index >= 15 is 0 Å². The quantitative estimate of drug-likeness (QED) is 0.669. The van der Waals surface area contributed by atoms with Crippen molar-refractivity contribution >= 4 is 28.5 Å². The van der Waals surface area contributed by atoms with Crippen LogP contribution in [0.5, 0.6) is 0 Å². The van der Waals surface area contributed by atoms with Gasteiger partial charge in [-0.3, -0.25) is 0 Å². The summed E-state index contributed by atoms with van der Waals surface area (Å²) in [6.07, 6.45) is 7.57. The van der Waals surface area contributed by atoms with Gasteiger partial charge in [0, 0.05) is 36.5 Å². The topological polar surface area (TPSA) is 75.7 Å². The largest absolute Gasteiger partial charge is 0.379 e. The minimum atomic E-state index is -0.591. The lowest BCUT2D eigenvalue weighted by molar-refractivity contribution is 0.0605. The summed E-state index contributed by atoms with van der Waals surface area (Å²) in [4.78, 5) is 15.7. The first-order valence-corrected chi connectivity index (χ1v) is 8.99. The highest BCUT2D eigenvalue weighted by Gasteiger charge is 2.25. The van der Waals surface area contributed by atoms with Gasteiger partial charge in [0.25, 0.3) is 0 Å². The number of halogens is 2. The molecule has 0 amide bonds. The first-order chi connectivity index (χ1) is 12.6. The van der Waals surface area contributed by atoms with Gasteiger partial charge in [0.05, 0.1) is 17.2 Å². The van der Waals surface area contributed by atoms with Crippen LogP contribution in [-0.4, -0.2) is 39.2 Å². The van der Waals surface area contributed by atoms with E-state index in [-0.39, 0.29) is 18.0 Å². The highest BCUT2D eigenvalue weighted by atomic mass is 35.5. The third-order valence-electron chi connectivity index (χ3n) is 4.77. The maximum Gasteiger partial charge on any atom is 0.218 e. The van der Waals surface area contributed by atoms with Crippen molar-refractivity contribution in [2.24, 2.45) is 0 Å². The van der Waals surface area contributed by atoms with E-state index in [0.29, 0.717) is 22.1 Å². The van der Waals surface area contributed by atoms with Crippen molar-refractivity contribution in [3.05, 3.63) is 35.5 Å². The number of aromatic amines is 1. The van der Waals surface area contributed by atoms with Crippen LogP contribution in [0.1, 0.15) is 25.7 Å². The summed E-state index contributed by atoms with van der Waals surface area (Å²) in [5.41, 5.74) is 1.31. The number of pyridine rings is 1. The summed E-state index contributed by atoms with van der Waals surface area (Å²) in [6, 6.07) is 3.18. The molecule has 1 aliphatic carbocycles. The Balaban J connectivity index is 1.68. The fourth-order valence-corrected chi connectivity index (χ4v) is 3.67. The highest BCUT2D eigenvalue weighted by Crippen LogP contribution is 2.29. The first-order valence-electron chi connectivity index (χ1n) is 8.61. The maximum atomic E-state index is 14.2. The molecule has 0 aliphatic heterocycles. The van der Waals surface area contributed by atoms with Crippen LogP contribution < -0.4 is 5.32 Å². The number of H-pyrrole nitrogens is 1. The van der Waals surface area contributed by atoms with Gasteiger partial charge in [-0.1, -0.05) is 24.4 Å². The van der Waals surface area contributed by atoms with Crippen LogP contribution in [0.3, 0.4) is 0 Å². The molecule has 3 aromatic rings. The zero-order valence-corrected chi connectivity index (χ0v) is 15.1. The summed E-state index contributed by atoms with van der Waals surface area (Å²) >= 11 is 6.04. The van der Waals surface area contributed by atoms with Crippen LogP contribution >= 0.6 is 11.6 Å². The van der Waals surface area contributed by atoms with Crippen molar-refractivity contribution in [2.45, 2.75) is 37.8 Å². The van der Waals surface area contributed by atoms with E-state index in [2.05, 4.69) is 25.3 Å². The van der Waals surface area contributed by atoms with Crippen molar-refractivity contribution in [3.8, 4) is 11.4 Å². The minimum Gasteiger partial charge on any atom is -0.379 e. The van der Waals surface area contributed by atoms with E-state index in [1.807, 2.05) is 0 Å². The normalized spacial score (nSPS) is 20.4. The van der Waals surface area contributed by atoms with Gasteiger partial charge in [0.2, 0.25) is 5.95 Å². The van der Waals surface area contributed by atoms with E-state index in [9.17, 15) is 4.39 Å². The summed E-state index contributed by atoms with van der Waals surface area (Å²) in [5.74, 6) is 0.144. The van der Waals surface area contributed by atoms with Gasteiger partial charge in [-0.15, -0.1) is 0 Å². The Bertz CT molecular complexity index is 931. The predicted octanol–water partition coefficient (Wildman–Crippen LogP) is 4.18. The molecule has 8 heteroatoms. The molecule has 0 bridgehead atoms. The lowest BCUT2D eigenvalue weighted by Crippen LogP contribution is -2.38. The van der Waals surface area contributed by atoms with E-state index in [4.69, 9.17) is 16.3 Å². The minimum absolute atomic E-state index is 0.0984. The van der Waals surface area contributed by atoms with Gasteiger partial charge in [-0.25, -0.2) is 9.97 Å². The molecular formula is C18H19ClFN5O. The second-order valence-corrected chi connectivity index (χ2v) is 6.90. The van der Waals surface area contributed by atoms with Crippen LogP contribution in [0.4, 0.5) is 10.2 Å². The number of rotatable bonds is 4. The summed E-state index contributed by atoms with van der Waals surface area (Å²) in [6.45, 7) is 0. The summed E-state index contributed by atoms with van der Waals surface area (Å²) in [7, 11) is 1.71. The molecule has 1 saturated carbocycles. The summed E-state index contributed by atoms with van der Waals surface area (Å²) < 4.78 is 19.7. The number of nitrogens with one attached hydrogen (secondary N) is 2. The van der Waals surface area contributed by atoms with Crippen LogP contribution in [0.15, 0.2) is 24.5 Å². The molecule has 3 aromatic heterocycles. The zero-order chi connectivity index (χ0) is 18.1. The number of hydrogen-bond donors (Lipinski definition) is 2. The van der Waals surface area contributed by atoms with Gasteiger partial charge >= 0.3 is 0 Å². The molecule has 1 fully saturated rings. The molecule has 3 heterocycles. The Morgan fingerprint density at radius 1 is 1.27 bits per heavy atom. The molecule has 6 nitrogen and oxygen atoms in total. The smallest absolute Gasteiger partial charge is 0.218 e. The van der Waals surface area contributed by atoms with Crippen molar-refractivity contribution in [3.63, 3.8) is 0 Å².